The number of hydrogen-bond acceptors (Lipinski definition) is 5. The average molecular weight is 362 g/mol. The summed E-state index contributed by atoms with van der Waals surface area (Å²) in [7, 11) is 0. The summed E-state index contributed by atoms with van der Waals surface area (Å²) in [5.41, 5.74) is 5.76. The number of amides is 1. The molecule has 1 aromatic heterocycles. The van der Waals surface area contributed by atoms with E-state index in [-0.39, 0.29) is 5.69 Å². The van der Waals surface area contributed by atoms with Crippen molar-refractivity contribution < 1.29 is 14.3 Å². The Kier molecular flexibility index (Phi) is 5.41. The number of nitrogens with one attached hydrogen (secondary N) is 2. The number of aryl methyl sites for hydroxylation is 2. The average Bonchev–Trinajstić information content (AvgIpc) is 3.10. The summed E-state index contributed by atoms with van der Waals surface area (Å²) >= 11 is 0. The van der Waals surface area contributed by atoms with Gasteiger partial charge in [0.25, 0.3) is 5.91 Å². The molecule has 0 radical (unpaired) electrons. The van der Waals surface area contributed by atoms with E-state index in [2.05, 4.69) is 20.7 Å². The molecule has 0 saturated heterocycles. The first-order valence-electron chi connectivity index (χ1n) is 8.25. The fourth-order valence-electron chi connectivity index (χ4n) is 2.23. The first kappa shape index (κ1) is 18.1. The standard InChI is InChI=1S/C20H18N4O3/c1-13-3-7-16(8-4-13)20(26)27-17-9-5-15(6-10-17)12-21-24-19(25)18-11-14(2)22-23-18/h3-12H,1-2H3,(H,22,23)(H,24,25). The van der Waals surface area contributed by atoms with Crippen LogP contribution in [0.3, 0.4) is 0 Å². The van der Waals surface area contributed by atoms with Gasteiger partial charge >= 0.3 is 5.97 Å². The fraction of sp³-hybridized carbons (Fsp3) is 0.100. The highest BCUT2D eigenvalue weighted by Crippen LogP contribution is 2.14. The highest BCUT2D eigenvalue weighted by molar-refractivity contribution is 5.93. The van der Waals surface area contributed by atoms with Gasteiger partial charge in [-0.3, -0.25) is 9.89 Å². The smallest absolute Gasteiger partial charge is 0.343 e. The summed E-state index contributed by atoms with van der Waals surface area (Å²) in [5.74, 6) is -0.397. The number of hydrogen-bond donors (Lipinski definition) is 2. The van der Waals surface area contributed by atoms with Crippen LogP contribution in [0, 0.1) is 13.8 Å². The van der Waals surface area contributed by atoms with E-state index in [0.717, 1.165) is 16.8 Å². The van der Waals surface area contributed by atoms with Crippen molar-refractivity contribution in [2.45, 2.75) is 13.8 Å². The molecule has 0 atom stereocenters. The number of aromatic amines is 1. The number of nitrogens with zero attached hydrogens (tertiary/aromatic N) is 2. The summed E-state index contributed by atoms with van der Waals surface area (Å²) in [4.78, 5) is 23.9. The van der Waals surface area contributed by atoms with Crippen LogP contribution in [0.2, 0.25) is 0 Å². The number of benzene rings is 2. The lowest BCUT2D eigenvalue weighted by Gasteiger charge is -2.05. The number of rotatable bonds is 5. The second kappa shape index (κ2) is 8.09. The van der Waals surface area contributed by atoms with Crippen molar-refractivity contribution in [1.82, 2.24) is 15.6 Å². The van der Waals surface area contributed by atoms with Crippen molar-refractivity contribution in [3.63, 3.8) is 0 Å². The lowest BCUT2D eigenvalue weighted by Crippen LogP contribution is -2.18. The van der Waals surface area contributed by atoms with Gasteiger partial charge in [0.1, 0.15) is 5.75 Å². The van der Waals surface area contributed by atoms with Gasteiger partial charge < -0.3 is 4.74 Å². The Morgan fingerprint density at radius 1 is 1.07 bits per heavy atom. The van der Waals surface area contributed by atoms with Gasteiger partial charge in [0, 0.05) is 5.69 Å². The molecule has 0 aliphatic heterocycles. The maximum absolute atomic E-state index is 12.1. The van der Waals surface area contributed by atoms with Gasteiger partial charge in [0.2, 0.25) is 0 Å². The summed E-state index contributed by atoms with van der Waals surface area (Å²) in [5, 5.41) is 10.4. The SMILES string of the molecule is Cc1ccc(C(=O)Oc2ccc(C=NNC(=O)c3cc(C)[nH]n3)cc2)cc1. The van der Waals surface area contributed by atoms with Crippen LogP contribution in [-0.2, 0) is 0 Å². The van der Waals surface area contributed by atoms with Gasteiger partial charge in [0.15, 0.2) is 5.69 Å². The van der Waals surface area contributed by atoms with Crippen molar-refractivity contribution >= 4 is 18.1 Å². The molecule has 0 spiro atoms. The molecule has 7 nitrogen and oxygen atoms in total. The number of carbonyl (C=O) groups is 2. The third-order valence-corrected chi connectivity index (χ3v) is 3.70. The Bertz CT molecular complexity index is 973. The lowest BCUT2D eigenvalue weighted by atomic mass is 10.1. The number of H-pyrrole nitrogens is 1. The maximum Gasteiger partial charge on any atom is 0.343 e. The van der Waals surface area contributed by atoms with E-state index in [4.69, 9.17) is 4.74 Å². The Hall–Kier alpha value is -3.74. The molecule has 0 aliphatic rings. The number of carbonyl (C=O) groups excluding carboxylic acids is 2. The summed E-state index contributed by atoms with van der Waals surface area (Å²) in [6.07, 6.45) is 1.49. The zero-order valence-electron chi connectivity index (χ0n) is 14.9. The van der Waals surface area contributed by atoms with Gasteiger partial charge in [-0.25, -0.2) is 10.2 Å². The van der Waals surface area contributed by atoms with Crippen molar-refractivity contribution in [1.29, 1.82) is 0 Å². The van der Waals surface area contributed by atoms with Gasteiger partial charge in [0.05, 0.1) is 11.8 Å². The third-order valence-electron chi connectivity index (χ3n) is 3.70. The van der Waals surface area contributed by atoms with E-state index in [1.54, 1.807) is 49.4 Å². The van der Waals surface area contributed by atoms with Crippen LogP contribution in [0.4, 0.5) is 0 Å². The molecule has 0 fully saturated rings. The summed E-state index contributed by atoms with van der Waals surface area (Å²) in [6.45, 7) is 3.76. The van der Waals surface area contributed by atoms with E-state index in [0.29, 0.717) is 11.3 Å². The third kappa shape index (κ3) is 4.88. The minimum atomic E-state index is -0.419. The number of hydrazone groups is 1. The van der Waals surface area contributed by atoms with E-state index >= 15 is 0 Å². The largest absolute Gasteiger partial charge is 0.423 e. The van der Waals surface area contributed by atoms with Gasteiger partial charge in [-0.2, -0.15) is 10.2 Å². The van der Waals surface area contributed by atoms with Gasteiger partial charge in [-0.05, 0) is 61.9 Å². The Balaban J connectivity index is 1.56. The predicted octanol–water partition coefficient (Wildman–Crippen LogP) is 3.01. The minimum absolute atomic E-state index is 0.267. The zero-order chi connectivity index (χ0) is 19.2. The molecule has 2 aromatic carbocycles. The molecule has 0 bridgehead atoms. The van der Waals surface area contributed by atoms with Crippen molar-refractivity contribution in [3.05, 3.63) is 82.7 Å². The Morgan fingerprint density at radius 3 is 2.41 bits per heavy atom. The second-order valence-corrected chi connectivity index (χ2v) is 5.96. The molecule has 1 amide bonds. The Morgan fingerprint density at radius 2 is 1.78 bits per heavy atom. The molecule has 27 heavy (non-hydrogen) atoms. The monoisotopic (exact) mass is 362 g/mol. The van der Waals surface area contributed by atoms with Crippen molar-refractivity contribution in [3.8, 4) is 5.75 Å². The molecule has 7 heteroatoms. The highest BCUT2D eigenvalue weighted by atomic mass is 16.5. The molecule has 0 saturated carbocycles. The predicted molar refractivity (Wildman–Crippen MR) is 101 cm³/mol. The molecule has 2 N–H and O–H groups in total. The molecular formula is C20H18N4O3. The number of ether oxygens (including phenoxy) is 1. The normalized spacial score (nSPS) is 10.7. The van der Waals surface area contributed by atoms with Gasteiger partial charge in [-0.15, -0.1) is 0 Å². The number of aromatic nitrogens is 2. The summed E-state index contributed by atoms with van der Waals surface area (Å²) in [6, 6.07) is 15.6. The molecule has 136 valence electrons. The van der Waals surface area contributed by atoms with E-state index in [1.807, 2.05) is 19.1 Å². The van der Waals surface area contributed by atoms with Crippen LogP contribution in [0.25, 0.3) is 0 Å². The van der Waals surface area contributed by atoms with Gasteiger partial charge in [-0.1, -0.05) is 17.7 Å². The van der Waals surface area contributed by atoms with Crippen LogP contribution < -0.4 is 10.2 Å². The molecule has 0 aliphatic carbocycles. The topological polar surface area (TPSA) is 96.4 Å². The molecule has 3 rings (SSSR count). The zero-order valence-corrected chi connectivity index (χ0v) is 14.9. The molecule has 0 unspecified atom stereocenters. The minimum Gasteiger partial charge on any atom is -0.423 e. The van der Waals surface area contributed by atoms with E-state index in [1.165, 1.54) is 6.21 Å². The van der Waals surface area contributed by atoms with Crippen molar-refractivity contribution in [2.24, 2.45) is 5.10 Å². The molecular weight excluding hydrogens is 344 g/mol. The quantitative estimate of drug-likeness (QED) is 0.316. The first-order chi connectivity index (χ1) is 13.0. The van der Waals surface area contributed by atoms with Crippen LogP contribution in [0.5, 0.6) is 5.75 Å². The van der Waals surface area contributed by atoms with E-state index in [9.17, 15) is 9.59 Å². The van der Waals surface area contributed by atoms with Crippen LogP contribution in [-0.4, -0.2) is 28.3 Å². The second-order valence-electron chi connectivity index (χ2n) is 5.96. The van der Waals surface area contributed by atoms with Crippen LogP contribution in [0.15, 0.2) is 59.7 Å². The van der Waals surface area contributed by atoms with Crippen molar-refractivity contribution in [2.75, 3.05) is 0 Å². The number of esters is 1. The highest BCUT2D eigenvalue weighted by Gasteiger charge is 2.09. The van der Waals surface area contributed by atoms with Crippen LogP contribution in [0.1, 0.15) is 37.7 Å². The van der Waals surface area contributed by atoms with Crippen LogP contribution >= 0.6 is 0 Å². The Labute approximate surface area is 156 Å². The first-order valence-corrected chi connectivity index (χ1v) is 8.25. The molecule has 3 aromatic rings. The fourth-order valence-corrected chi connectivity index (χ4v) is 2.23. The lowest BCUT2D eigenvalue weighted by molar-refractivity contribution is 0.0734. The molecule has 1 heterocycles. The van der Waals surface area contributed by atoms with E-state index < -0.39 is 11.9 Å². The summed E-state index contributed by atoms with van der Waals surface area (Å²) < 4.78 is 5.33. The maximum atomic E-state index is 12.1.